The zero-order chi connectivity index (χ0) is 18.1. The number of methoxy groups -OCH3 is 1. The Balaban J connectivity index is 0.00000338. The Morgan fingerprint density at radius 1 is 1.27 bits per heavy atom. The number of aliphatic imine (C=N–C) groups is 1. The van der Waals surface area contributed by atoms with Gasteiger partial charge in [0.2, 0.25) is 0 Å². The first-order valence-electron chi connectivity index (χ1n) is 8.21. The number of aryl methyl sites for hydroxylation is 1. The number of halogens is 2. The fourth-order valence-corrected chi connectivity index (χ4v) is 2.35. The SMILES string of the molecule is COCCCNC(=NCc1ccccc1Cl)NCc1nnc(C)n1C.I. The molecule has 0 atom stereocenters. The van der Waals surface area contributed by atoms with Gasteiger partial charge in [-0.15, -0.1) is 34.2 Å². The third-order valence-corrected chi connectivity index (χ3v) is 4.15. The Hall–Kier alpha value is -1.39. The predicted octanol–water partition coefficient (Wildman–Crippen LogP) is 2.67. The lowest BCUT2D eigenvalue weighted by atomic mass is 10.2. The van der Waals surface area contributed by atoms with Gasteiger partial charge in [-0.2, -0.15) is 0 Å². The number of aromatic nitrogens is 3. The van der Waals surface area contributed by atoms with E-state index in [-0.39, 0.29) is 24.0 Å². The van der Waals surface area contributed by atoms with Gasteiger partial charge in [-0.05, 0) is 25.0 Å². The summed E-state index contributed by atoms with van der Waals surface area (Å²) >= 11 is 6.20. The van der Waals surface area contributed by atoms with E-state index < -0.39 is 0 Å². The highest BCUT2D eigenvalue weighted by Crippen LogP contribution is 2.15. The number of ether oxygens (including phenoxy) is 1. The van der Waals surface area contributed by atoms with Gasteiger partial charge in [0.15, 0.2) is 11.8 Å². The summed E-state index contributed by atoms with van der Waals surface area (Å²) in [7, 11) is 3.64. The minimum absolute atomic E-state index is 0. The summed E-state index contributed by atoms with van der Waals surface area (Å²) in [6.45, 7) is 4.42. The Morgan fingerprint density at radius 2 is 2.04 bits per heavy atom. The maximum absolute atomic E-state index is 6.20. The number of hydrogen-bond donors (Lipinski definition) is 2. The average molecular weight is 493 g/mol. The van der Waals surface area contributed by atoms with Crippen LogP contribution in [-0.2, 0) is 24.9 Å². The number of hydrogen-bond acceptors (Lipinski definition) is 4. The molecule has 0 bridgehead atoms. The highest BCUT2D eigenvalue weighted by atomic mass is 127. The van der Waals surface area contributed by atoms with Gasteiger partial charge in [0, 0.05) is 32.3 Å². The molecule has 2 aromatic rings. The van der Waals surface area contributed by atoms with E-state index in [1.807, 2.05) is 42.8 Å². The molecule has 1 heterocycles. The van der Waals surface area contributed by atoms with Gasteiger partial charge < -0.3 is 19.9 Å². The molecule has 2 N–H and O–H groups in total. The van der Waals surface area contributed by atoms with Crippen molar-refractivity contribution in [3.05, 3.63) is 46.5 Å². The van der Waals surface area contributed by atoms with E-state index in [4.69, 9.17) is 16.3 Å². The quantitative estimate of drug-likeness (QED) is 0.256. The molecule has 0 fully saturated rings. The number of nitrogens with zero attached hydrogens (tertiary/aromatic N) is 4. The van der Waals surface area contributed by atoms with E-state index >= 15 is 0 Å². The Kier molecular flexibility index (Phi) is 10.5. The number of rotatable bonds is 8. The standard InChI is InChI=1S/C17H25ClN6O.HI/c1-13-22-23-16(24(13)2)12-21-17(19-9-6-10-25-3)20-11-14-7-4-5-8-15(14)18;/h4-5,7-8H,6,9-12H2,1-3H3,(H2,19,20,21);1H. The van der Waals surface area contributed by atoms with E-state index in [0.29, 0.717) is 30.7 Å². The Morgan fingerprint density at radius 3 is 2.69 bits per heavy atom. The van der Waals surface area contributed by atoms with E-state index in [0.717, 1.165) is 30.2 Å². The molecule has 0 spiro atoms. The normalized spacial score (nSPS) is 11.2. The van der Waals surface area contributed by atoms with Gasteiger partial charge in [-0.1, -0.05) is 29.8 Å². The summed E-state index contributed by atoms with van der Waals surface area (Å²) in [6.07, 6.45) is 0.895. The van der Waals surface area contributed by atoms with Crippen LogP contribution < -0.4 is 10.6 Å². The summed E-state index contributed by atoms with van der Waals surface area (Å²) < 4.78 is 7.03. The lowest BCUT2D eigenvalue weighted by Gasteiger charge is -2.12. The van der Waals surface area contributed by atoms with Gasteiger partial charge >= 0.3 is 0 Å². The van der Waals surface area contributed by atoms with E-state index in [9.17, 15) is 0 Å². The molecule has 26 heavy (non-hydrogen) atoms. The van der Waals surface area contributed by atoms with Crippen molar-refractivity contribution in [3.8, 4) is 0 Å². The fourth-order valence-electron chi connectivity index (χ4n) is 2.16. The molecule has 1 aromatic heterocycles. The second-order valence-corrected chi connectivity index (χ2v) is 6.01. The van der Waals surface area contributed by atoms with Gasteiger partial charge in [-0.3, -0.25) is 0 Å². The topological polar surface area (TPSA) is 76.4 Å². The van der Waals surface area contributed by atoms with Crippen LogP contribution >= 0.6 is 35.6 Å². The summed E-state index contributed by atoms with van der Waals surface area (Å²) in [5, 5.41) is 15.5. The first kappa shape index (κ1) is 22.7. The third kappa shape index (κ3) is 7.08. The van der Waals surface area contributed by atoms with Gasteiger partial charge in [0.05, 0.1) is 13.1 Å². The molecule has 0 aliphatic carbocycles. The zero-order valence-corrected chi connectivity index (χ0v) is 18.4. The van der Waals surface area contributed by atoms with Crippen LogP contribution in [0.4, 0.5) is 0 Å². The van der Waals surface area contributed by atoms with Crippen LogP contribution in [0.3, 0.4) is 0 Å². The van der Waals surface area contributed by atoms with E-state index in [1.165, 1.54) is 0 Å². The monoisotopic (exact) mass is 492 g/mol. The van der Waals surface area contributed by atoms with E-state index in [1.54, 1.807) is 7.11 Å². The molecular formula is C17H26ClIN6O. The third-order valence-electron chi connectivity index (χ3n) is 3.78. The smallest absolute Gasteiger partial charge is 0.191 e. The van der Waals surface area contributed by atoms with Crippen LogP contribution in [0.5, 0.6) is 0 Å². The van der Waals surface area contributed by atoms with Crippen molar-refractivity contribution < 1.29 is 4.74 Å². The molecule has 2 rings (SSSR count). The highest BCUT2D eigenvalue weighted by Gasteiger charge is 2.06. The van der Waals surface area contributed by atoms with Crippen molar-refractivity contribution >= 4 is 41.5 Å². The van der Waals surface area contributed by atoms with Crippen molar-refractivity contribution in [1.29, 1.82) is 0 Å². The summed E-state index contributed by atoms with van der Waals surface area (Å²) in [5.41, 5.74) is 0.983. The first-order valence-corrected chi connectivity index (χ1v) is 8.59. The molecule has 0 amide bonds. The molecule has 0 saturated carbocycles. The van der Waals surface area contributed by atoms with Crippen molar-refractivity contribution in [1.82, 2.24) is 25.4 Å². The molecule has 0 saturated heterocycles. The highest BCUT2D eigenvalue weighted by molar-refractivity contribution is 14.0. The van der Waals surface area contributed by atoms with Crippen LogP contribution in [0.25, 0.3) is 0 Å². The molecule has 0 radical (unpaired) electrons. The van der Waals surface area contributed by atoms with Gasteiger partial charge in [0.1, 0.15) is 5.82 Å². The summed E-state index contributed by atoms with van der Waals surface area (Å²) in [6, 6.07) is 7.71. The zero-order valence-electron chi connectivity index (χ0n) is 15.3. The second-order valence-electron chi connectivity index (χ2n) is 5.61. The average Bonchev–Trinajstić information content (AvgIpc) is 2.93. The van der Waals surface area contributed by atoms with Crippen molar-refractivity contribution in [2.24, 2.45) is 12.0 Å². The van der Waals surface area contributed by atoms with Crippen LogP contribution in [0.2, 0.25) is 5.02 Å². The number of nitrogens with one attached hydrogen (secondary N) is 2. The second kappa shape index (κ2) is 12.1. The molecular weight excluding hydrogens is 467 g/mol. The minimum atomic E-state index is 0. The number of benzene rings is 1. The van der Waals surface area contributed by atoms with Gasteiger partial charge in [0.25, 0.3) is 0 Å². The number of guanidine groups is 1. The lowest BCUT2D eigenvalue weighted by Crippen LogP contribution is -2.38. The Labute approximate surface area is 176 Å². The van der Waals surface area contributed by atoms with Gasteiger partial charge in [-0.25, -0.2) is 4.99 Å². The predicted molar refractivity (Wildman–Crippen MR) is 115 cm³/mol. The molecule has 7 nitrogen and oxygen atoms in total. The van der Waals surface area contributed by atoms with Crippen molar-refractivity contribution in [2.45, 2.75) is 26.4 Å². The summed E-state index contributed by atoms with van der Waals surface area (Å²) in [4.78, 5) is 4.62. The van der Waals surface area contributed by atoms with Crippen LogP contribution in [0, 0.1) is 6.92 Å². The van der Waals surface area contributed by atoms with Crippen LogP contribution in [0.15, 0.2) is 29.3 Å². The van der Waals surface area contributed by atoms with Crippen molar-refractivity contribution in [3.63, 3.8) is 0 Å². The molecule has 144 valence electrons. The van der Waals surface area contributed by atoms with Crippen LogP contribution in [-0.4, -0.2) is 41.0 Å². The largest absolute Gasteiger partial charge is 0.385 e. The molecule has 1 aromatic carbocycles. The molecule has 9 heteroatoms. The molecule has 0 unspecified atom stereocenters. The summed E-state index contributed by atoms with van der Waals surface area (Å²) in [5.74, 6) is 2.43. The minimum Gasteiger partial charge on any atom is -0.385 e. The van der Waals surface area contributed by atoms with Crippen molar-refractivity contribution in [2.75, 3.05) is 20.3 Å². The maximum Gasteiger partial charge on any atom is 0.191 e. The maximum atomic E-state index is 6.20. The lowest BCUT2D eigenvalue weighted by molar-refractivity contribution is 0.195. The molecule has 0 aliphatic heterocycles. The molecule has 0 aliphatic rings. The fraction of sp³-hybridized carbons (Fsp3) is 0.471. The Bertz CT molecular complexity index is 706. The first-order chi connectivity index (χ1) is 12.1. The van der Waals surface area contributed by atoms with E-state index in [2.05, 4.69) is 25.8 Å². The van der Waals surface area contributed by atoms with Crippen LogP contribution in [0.1, 0.15) is 23.6 Å².